The first-order valence-electron chi connectivity index (χ1n) is 9.24. The van der Waals surface area contributed by atoms with Crippen LogP contribution in [0.1, 0.15) is 0 Å². The highest BCUT2D eigenvalue weighted by Crippen LogP contribution is 2.31. The molecule has 154 valence electrons. The Morgan fingerprint density at radius 3 is 2.87 bits per heavy atom. The molecule has 0 spiro atoms. The molecule has 0 unspecified atom stereocenters. The van der Waals surface area contributed by atoms with Crippen LogP contribution in [0.5, 0.6) is 11.5 Å². The molecule has 0 aliphatic carbocycles. The van der Waals surface area contributed by atoms with Crippen LogP contribution >= 0.6 is 11.3 Å². The molecule has 2 aromatic carbocycles. The highest BCUT2D eigenvalue weighted by molar-refractivity contribution is 7.22. The molecule has 0 fully saturated rings. The zero-order chi connectivity index (χ0) is 20.9. The van der Waals surface area contributed by atoms with Crippen molar-refractivity contribution < 1.29 is 18.7 Å². The number of halogens is 1. The van der Waals surface area contributed by atoms with Gasteiger partial charge in [0.1, 0.15) is 5.75 Å². The second kappa shape index (κ2) is 8.91. The average Bonchev–Trinajstić information content (AvgIpc) is 3.42. The molecule has 0 saturated heterocycles. The number of benzene rings is 2. The first-order valence-corrected chi connectivity index (χ1v) is 10.1. The molecule has 4 rings (SSSR count). The molecule has 0 aliphatic heterocycles. The maximum atomic E-state index is 13.8. The van der Waals surface area contributed by atoms with Crippen molar-refractivity contribution in [1.29, 1.82) is 0 Å². The zero-order valence-corrected chi connectivity index (χ0v) is 17.0. The van der Waals surface area contributed by atoms with E-state index in [0.717, 1.165) is 16.0 Å². The Labute approximate surface area is 176 Å². The summed E-state index contributed by atoms with van der Waals surface area (Å²) in [6.45, 7) is 0.523. The number of thiazole rings is 1. The fourth-order valence-corrected chi connectivity index (χ4v) is 3.91. The van der Waals surface area contributed by atoms with Crippen LogP contribution < -0.4 is 14.4 Å². The lowest BCUT2D eigenvalue weighted by Gasteiger charge is -2.20. The normalized spacial score (nSPS) is 10.9. The Bertz CT molecular complexity index is 1150. The predicted octanol–water partition coefficient (Wildman–Crippen LogP) is 3.75. The van der Waals surface area contributed by atoms with Gasteiger partial charge in [0, 0.05) is 18.9 Å². The van der Waals surface area contributed by atoms with Crippen LogP contribution in [0.4, 0.5) is 9.52 Å². The maximum Gasteiger partial charge on any atom is 0.266 e. The van der Waals surface area contributed by atoms with Crippen molar-refractivity contribution in [3.8, 4) is 11.5 Å². The van der Waals surface area contributed by atoms with E-state index in [1.165, 1.54) is 23.5 Å². The monoisotopic (exact) mass is 426 g/mol. The first kappa shape index (κ1) is 19.8. The number of fused-ring (bicyclic) bond motifs is 1. The van der Waals surface area contributed by atoms with Gasteiger partial charge in [-0.05, 0) is 36.4 Å². The molecular weight excluding hydrogens is 407 g/mol. The van der Waals surface area contributed by atoms with E-state index in [9.17, 15) is 9.18 Å². The quantitative estimate of drug-likeness (QED) is 0.429. The number of aromatic nitrogens is 3. The van der Waals surface area contributed by atoms with E-state index in [2.05, 4.69) is 10.1 Å². The number of anilines is 1. The minimum absolute atomic E-state index is 0.0342. The smallest absolute Gasteiger partial charge is 0.266 e. The van der Waals surface area contributed by atoms with Crippen LogP contribution in [0.3, 0.4) is 0 Å². The molecule has 0 bridgehead atoms. The third kappa shape index (κ3) is 4.41. The van der Waals surface area contributed by atoms with Crippen molar-refractivity contribution >= 4 is 32.6 Å². The summed E-state index contributed by atoms with van der Waals surface area (Å²) in [5.74, 6) is -0.0844. The third-order valence-electron chi connectivity index (χ3n) is 4.42. The van der Waals surface area contributed by atoms with Crippen molar-refractivity contribution in [2.45, 2.75) is 6.54 Å². The Morgan fingerprint density at radius 2 is 2.10 bits per heavy atom. The molecule has 0 N–H and O–H groups in total. The lowest BCUT2D eigenvalue weighted by Crippen LogP contribution is -2.37. The zero-order valence-electron chi connectivity index (χ0n) is 16.2. The molecule has 9 heteroatoms. The Balaban J connectivity index is 1.56. The summed E-state index contributed by atoms with van der Waals surface area (Å²) in [6, 6.07) is 13.4. The largest absolute Gasteiger partial charge is 0.497 e. The number of hydrogen-bond donors (Lipinski definition) is 0. The highest BCUT2D eigenvalue weighted by atomic mass is 32.1. The summed E-state index contributed by atoms with van der Waals surface area (Å²) in [4.78, 5) is 19.1. The lowest BCUT2D eigenvalue weighted by atomic mass is 10.3. The number of ether oxygens (including phenoxy) is 2. The summed E-state index contributed by atoms with van der Waals surface area (Å²) in [5, 5.41) is 4.71. The SMILES string of the molecule is COc1ccc2nc(N(CCn3cccn3)C(=O)COc3ccccc3F)sc2c1. The fourth-order valence-electron chi connectivity index (χ4n) is 2.88. The van der Waals surface area contributed by atoms with Crippen molar-refractivity contribution in [2.75, 3.05) is 25.2 Å². The Morgan fingerprint density at radius 1 is 1.23 bits per heavy atom. The molecule has 0 radical (unpaired) electrons. The van der Waals surface area contributed by atoms with Crippen LogP contribution in [-0.2, 0) is 11.3 Å². The standard InChI is InChI=1S/C21H19FN4O3S/c1-28-15-7-8-17-19(13-15)30-21(24-17)26(12-11-25-10-4-9-23-25)20(27)14-29-18-6-3-2-5-16(18)22/h2-10,13H,11-12,14H2,1H3. The van der Waals surface area contributed by atoms with Crippen LogP contribution in [0.2, 0.25) is 0 Å². The molecule has 7 nitrogen and oxygen atoms in total. The van der Waals surface area contributed by atoms with E-state index in [4.69, 9.17) is 9.47 Å². The number of nitrogens with zero attached hydrogens (tertiary/aromatic N) is 4. The van der Waals surface area contributed by atoms with Gasteiger partial charge in [-0.1, -0.05) is 23.5 Å². The number of methoxy groups -OCH3 is 1. The van der Waals surface area contributed by atoms with Gasteiger partial charge in [-0.2, -0.15) is 5.10 Å². The molecule has 2 aromatic heterocycles. The van der Waals surface area contributed by atoms with E-state index < -0.39 is 5.82 Å². The lowest BCUT2D eigenvalue weighted by molar-refractivity contribution is -0.120. The van der Waals surface area contributed by atoms with Gasteiger partial charge in [-0.25, -0.2) is 9.37 Å². The second-order valence-corrected chi connectivity index (χ2v) is 7.37. The number of rotatable bonds is 8. The molecule has 30 heavy (non-hydrogen) atoms. The maximum absolute atomic E-state index is 13.8. The van der Waals surface area contributed by atoms with Crippen molar-refractivity contribution in [3.05, 3.63) is 66.7 Å². The summed E-state index contributed by atoms with van der Waals surface area (Å²) in [5.41, 5.74) is 0.766. The van der Waals surface area contributed by atoms with Gasteiger partial charge < -0.3 is 9.47 Å². The van der Waals surface area contributed by atoms with Crippen LogP contribution in [0.15, 0.2) is 60.9 Å². The summed E-state index contributed by atoms with van der Waals surface area (Å²) in [7, 11) is 1.60. The van der Waals surface area contributed by atoms with Crippen molar-refractivity contribution in [1.82, 2.24) is 14.8 Å². The first-order chi connectivity index (χ1) is 14.6. The van der Waals surface area contributed by atoms with Gasteiger partial charge in [0.15, 0.2) is 23.3 Å². The van der Waals surface area contributed by atoms with Crippen LogP contribution in [-0.4, -0.2) is 40.9 Å². The van der Waals surface area contributed by atoms with Crippen molar-refractivity contribution in [3.63, 3.8) is 0 Å². The molecule has 4 aromatic rings. The average molecular weight is 426 g/mol. The van der Waals surface area contributed by atoms with E-state index in [1.807, 2.05) is 30.5 Å². The predicted molar refractivity (Wildman–Crippen MR) is 113 cm³/mol. The molecule has 0 atom stereocenters. The Kier molecular flexibility index (Phi) is 5.89. The molecule has 0 aliphatic rings. The number of amides is 1. The summed E-state index contributed by atoms with van der Waals surface area (Å²) in [6.07, 6.45) is 3.50. The molecule has 0 saturated carbocycles. The molecular formula is C21H19FN4O3S. The van der Waals surface area contributed by atoms with Gasteiger partial charge in [-0.15, -0.1) is 0 Å². The van der Waals surface area contributed by atoms with E-state index in [-0.39, 0.29) is 18.3 Å². The van der Waals surface area contributed by atoms with Crippen LogP contribution in [0, 0.1) is 5.82 Å². The Hall–Kier alpha value is -3.46. The van der Waals surface area contributed by atoms with Gasteiger partial charge in [0.25, 0.3) is 5.91 Å². The number of hydrogen-bond acceptors (Lipinski definition) is 6. The number of carbonyl (C=O) groups is 1. The minimum atomic E-state index is -0.513. The fraction of sp³-hybridized carbons (Fsp3) is 0.190. The molecule has 2 heterocycles. The van der Waals surface area contributed by atoms with Gasteiger partial charge in [0.05, 0.1) is 23.9 Å². The van der Waals surface area contributed by atoms with E-state index in [0.29, 0.717) is 18.2 Å². The highest BCUT2D eigenvalue weighted by Gasteiger charge is 2.21. The number of para-hydroxylation sites is 1. The van der Waals surface area contributed by atoms with Gasteiger partial charge in [-0.3, -0.25) is 14.4 Å². The summed E-state index contributed by atoms with van der Waals surface area (Å²) < 4.78 is 27.1. The topological polar surface area (TPSA) is 69.5 Å². The van der Waals surface area contributed by atoms with Gasteiger partial charge >= 0.3 is 0 Å². The summed E-state index contributed by atoms with van der Waals surface area (Å²) >= 11 is 1.38. The van der Waals surface area contributed by atoms with E-state index in [1.54, 1.807) is 35.0 Å². The van der Waals surface area contributed by atoms with Crippen molar-refractivity contribution in [2.24, 2.45) is 0 Å². The van der Waals surface area contributed by atoms with Crippen LogP contribution in [0.25, 0.3) is 10.2 Å². The second-order valence-electron chi connectivity index (χ2n) is 6.36. The third-order valence-corrected chi connectivity index (χ3v) is 5.46. The molecule has 1 amide bonds. The number of carbonyl (C=O) groups excluding carboxylic acids is 1. The van der Waals surface area contributed by atoms with E-state index >= 15 is 0 Å². The van der Waals surface area contributed by atoms with Gasteiger partial charge in [0.2, 0.25) is 0 Å². The minimum Gasteiger partial charge on any atom is -0.497 e.